The first kappa shape index (κ1) is 2.23. The topological polar surface area (TPSA) is 23.8 Å². The maximum Gasteiger partial charge on any atom is 0.0659 e. The fourth-order valence-corrected chi connectivity index (χ4v) is 0.551. The van der Waals surface area contributed by atoms with E-state index in [9.17, 15) is 0 Å². The average Bonchev–Trinajstić information content (AvgIpc) is 1.95. The minimum atomic E-state index is -1.68. The molecule has 0 aromatic carbocycles. The van der Waals surface area contributed by atoms with E-state index in [1.54, 1.807) is 6.07 Å². The molecule has 1 heteroatoms. The summed E-state index contributed by atoms with van der Waals surface area (Å²) in [5.74, 6) is -0.877. The van der Waals surface area contributed by atoms with Gasteiger partial charge in [0.15, 0.2) is 0 Å². The lowest BCUT2D eigenvalue weighted by atomic mass is 9.96. The first-order chi connectivity index (χ1) is 5.37. The van der Waals surface area contributed by atoms with Crippen molar-refractivity contribution in [3.05, 3.63) is 12.2 Å². The van der Waals surface area contributed by atoms with Crippen LogP contribution in [0.15, 0.2) is 12.2 Å². The third-order valence-electron chi connectivity index (χ3n) is 0.976. The third kappa shape index (κ3) is 1.10. The quantitative estimate of drug-likeness (QED) is 0.438. The summed E-state index contributed by atoms with van der Waals surface area (Å²) in [5.41, 5.74) is 0. The molecule has 0 aromatic rings. The fourth-order valence-electron chi connectivity index (χ4n) is 0.551. The van der Waals surface area contributed by atoms with Gasteiger partial charge in [-0.2, -0.15) is 5.26 Å². The molecule has 0 aliphatic heterocycles. The van der Waals surface area contributed by atoms with Gasteiger partial charge >= 0.3 is 0 Å². The van der Waals surface area contributed by atoms with E-state index in [4.69, 9.17) is 10.7 Å². The predicted molar refractivity (Wildman–Crippen MR) is 32.1 cm³/mol. The zero-order chi connectivity index (χ0) is 9.41. The first-order valence-electron chi connectivity index (χ1n) is 4.47. The highest BCUT2D eigenvalue weighted by atomic mass is 14.3. The van der Waals surface area contributed by atoms with E-state index >= 15 is 0 Å². The van der Waals surface area contributed by atoms with Gasteiger partial charge in [-0.15, -0.1) is 0 Å². The summed E-state index contributed by atoms with van der Waals surface area (Å²) < 4.78 is 29.3. The van der Waals surface area contributed by atoms with E-state index in [1.807, 2.05) is 0 Å². The van der Waals surface area contributed by atoms with Crippen molar-refractivity contribution in [2.45, 2.75) is 19.2 Å². The number of allylic oxidation sites excluding steroid dienone is 2. The van der Waals surface area contributed by atoms with Crippen LogP contribution in [0.1, 0.15) is 24.6 Å². The standard InChI is InChI=1S/C7H9N/c8-6-7-4-2-1-3-5-7/h1-2,7H,3-5H2/i3D2,4D2. The van der Waals surface area contributed by atoms with Crippen LogP contribution in [-0.2, 0) is 0 Å². The lowest BCUT2D eigenvalue weighted by molar-refractivity contribution is 0.596. The van der Waals surface area contributed by atoms with Crippen molar-refractivity contribution in [2.75, 3.05) is 0 Å². The van der Waals surface area contributed by atoms with E-state index in [-0.39, 0.29) is 6.42 Å². The molecule has 0 spiro atoms. The van der Waals surface area contributed by atoms with E-state index in [0.29, 0.717) is 0 Å². The molecular weight excluding hydrogens is 98.1 g/mol. The Balaban J connectivity index is 2.94. The van der Waals surface area contributed by atoms with Crippen molar-refractivity contribution >= 4 is 0 Å². The van der Waals surface area contributed by atoms with Crippen LogP contribution >= 0.6 is 0 Å². The lowest BCUT2D eigenvalue weighted by Gasteiger charge is -2.06. The summed E-state index contributed by atoms with van der Waals surface area (Å²) >= 11 is 0. The fraction of sp³-hybridized carbons (Fsp3) is 0.571. The van der Waals surface area contributed by atoms with E-state index < -0.39 is 18.7 Å². The summed E-state index contributed by atoms with van der Waals surface area (Å²) in [6.07, 6.45) is -0.940. The van der Waals surface area contributed by atoms with Gasteiger partial charge in [0.05, 0.1) is 12.0 Å². The third-order valence-corrected chi connectivity index (χ3v) is 0.976. The molecule has 1 rings (SSSR count). The Morgan fingerprint density at radius 1 is 1.75 bits per heavy atom. The molecule has 0 saturated heterocycles. The highest BCUT2D eigenvalue weighted by Gasteiger charge is 2.05. The maximum atomic E-state index is 8.57. The molecule has 0 saturated carbocycles. The van der Waals surface area contributed by atoms with Crippen molar-refractivity contribution in [1.82, 2.24) is 0 Å². The summed E-state index contributed by atoms with van der Waals surface area (Å²) in [5, 5.41) is 8.57. The Labute approximate surface area is 55.2 Å². The molecule has 1 atom stereocenters. The summed E-state index contributed by atoms with van der Waals surface area (Å²) in [6.45, 7) is 0. The molecule has 0 bridgehead atoms. The van der Waals surface area contributed by atoms with Crippen LogP contribution in [0.5, 0.6) is 0 Å². The molecule has 1 aliphatic carbocycles. The number of rotatable bonds is 0. The van der Waals surface area contributed by atoms with Gasteiger partial charge in [-0.1, -0.05) is 12.2 Å². The molecule has 0 fully saturated rings. The van der Waals surface area contributed by atoms with Gasteiger partial charge in [0.1, 0.15) is 0 Å². The largest absolute Gasteiger partial charge is 0.198 e. The van der Waals surface area contributed by atoms with Crippen molar-refractivity contribution in [3.63, 3.8) is 0 Å². The monoisotopic (exact) mass is 111 g/mol. The van der Waals surface area contributed by atoms with Crippen LogP contribution in [0.4, 0.5) is 0 Å². The second-order valence-corrected chi connectivity index (χ2v) is 1.59. The molecular formula is C7H9N. The molecule has 0 amide bonds. The van der Waals surface area contributed by atoms with Gasteiger partial charge in [-0.3, -0.25) is 0 Å². The minimum absolute atomic E-state index is 0.0625. The van der Waals surface area contributed by atoms with E-state index in [2.05, 4.69) is 0 Å². The maximum absolute atomic E-state index is 8.57. The van der Waals surface area contributed by atoms with Crippen molar-refractivity contribution in [3.8, 4) is 6.07 Å². The Hall–Kier alpha value is -0.770. The van der Waals surface area contributed by atoms with Gasteiger partial charge < -0.3 is 0 Å². The summed E-state index contributed by atoms with van der Waals surface area (Å²) in [6, 6.07) is 1.78. The molecule has 1 nitrogen and oxygen atoms in total. The molecule has 42 valence electrons. The highest BCUT2D eigenvalue weighted by Crippen LogP contribution is 2.15. The normalized spacial score (nSPS) is 47.1. The Bertz CT molecular complexity index is 251. The molecule has 0 heterocycles. The van der Waals surface area contributed by atoms with Crippen LogP contribution in [0.3, 0.4) is 0 Å². The minimum Gasteiger partial charge on any atom is -0.198 e. The molecule has 1 aliphatic rings. The Kier molecular flexibility index (Phi) is 0.700. The van der Waals surface area contributed by atoms with Crippen LogP contribution in [0, 0.1) is 17.2 Å². The second-order valence-electron chi connectivity index (χ2n) is 1.59. The van der Waals surface area contributed by atoms with Crippen molar-refractivity contribution in [1.29, 1.82) is 5.26 Å². The SMILES string of the molecule is [2H]C1([2H])C=CC([2H])([2H])C(C#N)C1. The van der Waals surface area contributed by atoms with Crippen molar-refractivity contribution in [2.24, 2.45) is 5.92 Å². The highest BCUT2D eigenvalue weighted by molar-refractivity contribution is 4.97. The van der Waals surface area contributed by atoms with E-state index in [1.165, 1.54) is 6.08 Å². The summed E-state index contributed by atoms with van der Waals surface area (Å²) in [4.78, 5) is 0. The first-order valence-corrected chi connectivity index (χ1v) is 2.47. The van der Waals surface area contributed by atoms with Crippen LogP contribution in [0.2, 0.25) is 0 Å². The predicted octanol–water partition coefficient (Wildman–Crippen LogP) is 1.87. The van der Waals surface area contributed by atoms with E-state index in [0.717, 1.165) is 6.08 Å². The number of nitrogens with zero attached hydrogens (tertiary/aromatic N) is 1. The number of hydrogen-bond acceptors (Lipinski definition) is 1. The van der Waals surface area contributed by atoms with Gasteiger partial charge in [-0.05, 0) is 19.2 Å². The second kappa shape index (κ2) is 2.52. The lowest BCUT2D eigenvalue weighted by Crippen LogP contribution is -1.97. The molecule has 8 heavy (non-hydrogen) atoms. The number of nitriles is 1. The Morgan fingerprint density at radius 2 is 2.62 bits per heavy atom. The molecule has 1 unspecified atom stereocenters. The average molecular weight is 111 g/mol. The zero-order valence-corrected chi connectivity index (χ0v) is 4.39. The summed E-state index contributed by atoms with van der Waals surface area (Å²) in [7, 11) is 0. The number of hydrogen-bond donors (Lipinski definition) is 0. The Morgan fingerprint density at radius 3 is 3.25 bits per heavy atom. The van der Waals surface area contributed by atoms with Crippen molar-refractivity contribution < 1.29 is 5.48 Å². The van der Waals surface area contributed by atoms with Gasteiger partial charge in [0, 0.05) is 5.48 Å². The van der Waals surface area contributed by atoms with Gasteiger partial charge in [0.2, 0.25) is 0 Å². The van der Waals surface area contributed by atoms with Crippen LogP contribution in [0.25, 0.3) is 0 Å². The smallest absolute Gasteiger partial charge is 0.0659 e. The molecule has 0 radical (unpaired) electrons. The van der Waals surface area contributed by atoms with Gasteiger partial charge in [-0.25, -0.2) is 0 Å². The zero-order valence-electron chi connectivity index (χ0n) is 8.39. The van der Waals surface area contributed by atoms with Crippen LogP contribution < -0.4 is 0 Å². The molecule has 0 aromatic heterocycles. The molecule has 0 N–H and O–H groups in total. The van der Waals surface area contributed by atoms with Gasteiger partial charge in [0.25, 0.3) is 0 Å². The van der Waals surface area contributed by atoms with Crippen LogP contribution in [-0.4, -0.2) is 0 Å².